The SMILES string of the molecule is Cc1cn(Cc2ccc(F)cc2Cl)c(C)c1C. The van der Waals surface area contributed by atoms with E-state index in [4.69, 9.17) is 11.6 Å². The van der Waals surface area contributed by atoms with E-state index in [1.807, 2.05) is 0 Å². The predicted octanol–water partition coefficient (Wildman–Crippen LogP) is 4.25. The fraction of sp³-hybridized carbons (Fsp3) is 0.286. The molecule has 17 heavy (non-hydrogen) atoms. The van der Waals surface area contributed by atoms with E-state index in [-0.39, 0.29) is 5.82 Å². The molecule has 0 radical (unpaired) electrons. The van der Waals surface area contributed by atoms with Gasteiger partial charge in [-0.1, -0.05) is 17.7 Å². The maximum Gasteiger partial charge on any atom is 0.124 e. The van der Waals surface area contributed by atoms with Crippen LogP contribution in [-0.2, 0) is 6.54 Å². The Balaban J connectivity index is 2.34. The number of aromatic nitrogens is 1. The van der Waals surface area contributed by atoms with E-state index >= 15 is 0 Å². The molecule has 0 aliphatic heterocycles. The van der Waals surface area contributed by atoms with Gasteiger partial charge in [-0.25, -0.2) is 4.39 Å². The molecule has 0 spiro atoms. The zero-order valence-corrected chi connectivity index (χ0v) is 11.0. The van der Waals surface area contributed by atoms with Gasteiger partial charge in [0, 0.05) is 23.5 Å². The molecule has 0 saturated carbocycles. The Morgan fingerprint density at radius 2 is 1.94 bits per heavy atom. The van der Waals surface area contributed by atoms with Crippen molar-refractivity contribution in [1.29, 1.82) is 0 Å². The van der Waals surface area contributed by atoms with Crippen LogP contribution in [0.25, 0.3) is 0 Å². The van der Waals surface area contributed by atoms with Crippen LogP contribution >= 0.6 is 11.6 Å². The third-order valence-electron chi connectivity index (χ3n) is 3.27. The monoisotopic (exact) mass is 251 g/mol. The molecule has 0 aliphatic rings. The third-order valence-corrected chi connectivity index (χ3v) is 3.62. The van der Waals surface area contributed by atoms with Crippen molar-refractivity contribution >= 4 is 11.6 Å². The van der Waals surface area contributed by atoms with Gasteiger partial charge >= 0.3 is 0 Å². The number of halogens is 2. The van der Waals surface area contributed by atoms with Gasteiger partial charge in [-0.05, 0) is 49.6 Å². The molecule has 1 heterocycles. The van der Waals surface area contributed by atoms with Crippen LogP contribution in [0.2, 0.25) is 5.02 Å². The van der Waals surface area contributed by atoms with Crippen LogP contribution < -0.4 is 0 Å². The first-order chi connectivity index (χ1) is 7.99. The molecule has 0 aliphatic carbocycles. The van der Waals surface area contributed by atoms with Gasteiger partial charge in [-0.15, -0.1) is 0 Å². The van der Waals surface area contributed by atoms with Crippen LogP contribution in [0.4, 0.5) is 4.39 Å². The summed E-state index contributed by atoms with van der Waals surface area (Å²) in [6, 6.07) is 4.54. The summed E-state index contributed by atoms with van der Waals surface area (Å²) in [4.78, 5) is 0. The van der Waals surface area contributed by atoms with E-state index in [0.29, 0.717) is 11.6 Å². The largest absolute Gasteiger partial charge is 0.347 e. The minimum Gasteiger partial charge on any atom is -0.347 e. The van der Waals surface area contributed by atoms with Crippen molar-refractivity contribution in [1.82, 2.24) is 4.57 Å². The Morgan fingerprint density at radius 3 is 2.47 bits per heavy atom. The first-order valence-corrected chi connectivity index (χ1v) is 5.93. The van der Waals surface area contributed by atoms with Crippen molar-refractivity contribution in [3.05, 3.63) is 57.6 Å². The van der Waals surface area contributed by atoms with Crippen molar-refractivity contribution in [2.75, 3.05) is 0 Å². The summed E-state index contributed by atoms with van der Waals surface area (Å²) in [7, 11) is 0. The molecule has 0 saturated heterocycles. The van der Waals surface area contributed by atoms with Gasteiger partial charge in [0.2, 0.25) is 0 Å². The Labute approximate surface area is 106 Å². The van der Waals surface area contributed by atoms with E-state index in [9.17, 15) is 4.39 Å². The van der Waals surface area contributed by atoms with Crippen LogP contribution in [-0.4, -0.2) is 4.57 Å². The topological polar surface area (TPSA) is 4.93 Å². The molecule has 0 unspecified atom stereocenters. The lowest BCUT2D eigenvalue weighted by molar-refractivity contribution is 0.626. The molecule has 1 aromatic carbocycles. The molecule has 0 fully saturated rings. The fourth-order valence-electron chi connectivity index (χ4n) is 1.93. The van der Waals surface area contributed by atoms with Crippen molar-refractivity contribution in [3.8, 4) is 0 Å². The average Bonchev–Trinajstić information content (AvgIpc) is 2.50. The highest BCUT2D eigenvalue weighted by atomic mass is 35.5. The van der Waals surface area contributed by atoms with Gasteiger partial charge in [-0.2, -0.15) is 0 Å². The molecule has 0 atom stereocenters. The van der Waals surface area contributed by atoms with E-state index in [1.54, 1.807) is 6.07 Å². The summed E-state index contributed by atoms with van der Waals surface area (Å²) in [6.07, 6.45) is 2.10. The van der Waals surface area contributed by atoms with Gasteiger partial charge in [-0.3, -0.25) is 0 Å². The zero-order chi connectivity index (χ0) is 12.6. The first kappa shape index (κ1) is 12.2. The van der Waals surface area contributed by atoms with E-state index < -0.39 is 0 Å². The van der Waals surface area contributed by atoms with Crippen LogP contribution in [0, 0.1) is 26.6 Å². The van der Waals surface area contributed by atoms with Crippen molar-refractivity contribution in [2.24, 2.45) is 0 Å². The highest BCUT2D eigenvalue weighted by molar-refractivity contribution is 6.31. The third kappa shape index (κ3) is 2.37. The Bertz CT molecular complexity index is 558. The number of hydrogen-bond acceptors (Lipinski definition) is 0. The smallest absolute Gasteiger partial charge is 0.124 e. The summed E-state index contributed by atoms with van der Waals surface area (Å²) < 4.78 is 15.1. The average molecular weight is 252 g/mol. The second-order valence-electron chi connectivity index (χ2n) is 4.39. The maximum atomic E-state index is 12.9. The Hall–Kier alpha value is -1.28. The van der Waals surface area contributed by atoms with Crippen LogP contribution in [0.15, 0.2) is 24.4 Å². The normalized spacial score (nSPS) is 10.9. The van der Waals surface area contributed by atoms with Crippen molar-refractivity contribution in [2.45, 2.75) is 27.3 Å². The molecule has 3 heteroatoms. The second kappa shape index (κ2) is 4.53. The first-order valence-electron chi connectivity index (χ1n) is 5.56. The summed E-state index contributed by atoms with van der Waals surface area (Å²) >= 11 is 6.03. The number of rotatable bonds is 2. The maximum absolute atomic E-state index is 12.9. The molecule has 0 N–H and O–H groups in total. The van der Waals surface area contributed by atoms with Gasteiger partial charge in [0.15, 0.2) is 0 Å². The Morgan fingerprint density at radius 1 is 1.24 bits per heavy atom. The van der Waals surface area contributed by atoms with Gasteiger partial charge in [0.05, 0.1) is 0 Å². The quantitative estimate of drug-likeness (QED) is 0.752. The zero-order valence-electron chi connectivity index (χ0n) is 10.2. The lowest BCUT2D eigenvalue weighted by atomic mass is 10.2. The van der Waals surface area contributed by atoms with Gasteiger partial charge in [0.25, 0.3) is 0 Å². The van der Waals surface area contributed by atoms with Crippen molar-refractivity contribution < 1.29 is 4.39 Å². The number of aryl methyl sites for hydroxylation is 1. The molecule has 1 aromatic heterocycles. The van der Waals surface area contributed by atoms with Gasteiger partial charge < -0.3 is 4.57 Å². The second-order valence-corrected chi connectivity index (χ2v) is 4.79. The molecule has 2 aromatic rings. The molecular formula is C14H15ClFN. The summed E-state index contributed by atoms with van der Waals surface area (Å²) in [5, 5.41) is 0.480. The van der Waals surface area contributed by atoms with E-state index in [0.717, 1.165) is 5.56 Å². The minimum absolute atomic E-state index is 0.296. The Kier molecular flexibility index (Phi) is 3.25. The number of benzene rings is 1. The van der Waals surface area contributed by atoms with E-state index in [2.05, 4.69) is 31.5 Å². The fourth-order valence-corrected chi connectivity index (χ4v) is 2.15. The van der Waals surface area contributed by atoms with Crippen molar-refractivity contribution in [3.63, 3.8) is 0 Å². The molecule has 0 amide bonds. The van der Waals surface area contributed by atoms with Crippen LogP contribution in [0.5, 0.6) is 0 Å². The van der Waals surface area contributed by atoms with Crippen LogP contribution in [0.1, 0.15) is 22.4 Å². The number of nitrogens with zero attached hydrogens (tertiary/aromatic N) is 1. The lowest BCUT2D eigenvalue weighted by Crippen LogP contribution is -2.01. The number of hydrogen-bond donors (Lipinski definition) is 0. The standard InChI is InChI=1S/C14H15ClFN/c1-9-7-17(11(3)10(9)2)8-12-4-5-13(16)6-14(12)15/h4-7H,8H2,1-3H3. The summed E-state index contributed by atoms with van der Waals surface area (Å²) in [6.45, 7) is 6.96. The molecular weight excluding hydrogens is 237 g/mol. The highest BCUT2D eigenvalue weighted by Gasteiger charge is 2.08. The van der Waals surface area contributed by atoms with Gasteiger partial charge in [0.1, 0.15) is 5.82 Å². The molecule has 1 nitrogen and oxygen atoms in total. The lowest BCUT2D eigenvalue weighted by Gasteiger charge is -2.08. The minimum atomic E-state index is -0.296. The molecule has 90 valence electrons. The summed E-state index contributed by atoms with van der Waals surface area (Å²) in [5.74, 6) is -0.296. The van der Waals surface area contributed by atoms with Crippen LogP contribution in [0.3, 0.4) is 0 Å². The predicted molar refractivity (Wildman–Crippen MR) is 69.2 cm³/mol. The highest BCUT2D eigenvalue weighted by Crippen LogP contribution is 2.21. The van der Waals surface area contributed by atoms with E-state index in [1.165, 1.54) is 29.0 Å². The molecule has 0 bridgehead atoms. The molecule has 2 rings (SSSR count). The summed E-state index contributed by atoms with van der Waals surface area (Å²) in [5.41, 5.74) is 4.72.